The number of ether oxygens (including phenoxy) is 1. The smallest absolute Gasteiger partial charge is 0.227 e. The lowest BCUT2D eigenvalue weighted by atomic mass is 9.96. The second-order valence-electron chi connectivity index (χ2n) is 6.77. The SMILES string of the molecule is O=C(C1CCCN(c2ccnc(C3CC3)n2)C1)N1CCOCC1. The predicted molar refractivity (Wildman–Crippen MR) is 86.3 cm³/mol. The first-order valence-corrected chi connectivity index (χ1v) is 8.75. The molecule has 1 aromatic rings. The zero-order valence-corrected chi connectivity index (χ0v) is 13.5. The van der Waals surface area contributed by atoms with Gasteiger partial charge in [-0.15, -0.1) is 0 Å². The van der Waals surface area contributed by atoms with E-state index in [1.165, 1.54) is 12.8 Å². The molecule has 3 heterocycles. The molecule has 3 fully saturated rings. The van der Waals surface area contributed by atoms with E-state index >= 15 is 0 Å². The number of aromatic nitrogens is 2. The zero-order chi connectivity index (χ0) is 15.6. The molecule has 0 bridgehead atoms. The summed E-state index contributed by atoms with van der Waals surface area (Å²) in [6.45, 7) is 4.55. The van der Waals surface area contributed by atoms with E-state index in [1.807, 2.05) is 17.2 Å². The largest absolute Gasteiger partial charge is 0.378 e. The molecule has 4 rings (SSSR count). The third-order valence-corrected chi connectivity index (χ3v) is 5.02. The average Bonchev–Trinajstić information content (AvgIpc) is 3.47. The molecule has 0 spiro atoms. The fourth-order valence-corrected chi connectivity index (χ4v) is 3.51. The van der Waals surface area contributed by atoms with Crippen LogP contribution < -0.4 is 4.90 Å². The minimum Gasteiger partial charge on any atom is -0.378 e. The minimum atomic E-state index is 0.0844. The summed E-state index contributed by atoms with van der Waals surface area (Å²) in [5, 5.41) is 0. The van der Waals surface area contributed by atoms with Crippen molar-refractivity contribution in [3.8, 4) is 0 Å². The van der Waals surface area contributed by atoms with Crippen molar-refractivity contribution < 1.29 is 9.53 Å². The third kappa shape index (κ3) is 3.32. The molecule has 6 nitrogen and oxygen atoms in total. The maximum absolute atomic E-state index is 12.7. The van der Waals surface area contributed by atoms with Gasteiger partial charge >= 0.3 is 0 Å². The molecular weight excluding hydrogens is 292 g/mol. The number of hydrogen-bond acceptors (Lipinski definition) is 5. The van der Waals surface area contributed by atoms with Gasteiger partial charge in [0.2, 0.25) is 5.91 Å². The van der Waals surface area contributed by atoms with Crippen molar-refractivity contribution in [2.45, 2.75) is 31.6 Å². The lowest BCUT2D eigenvalue weighted by Crippen LogP contribution is -2.48. The van der Waals surface area contributed by atoms with Gasteiger partial charge in [0.15, 0.2) is 0 Å². The Morgan fingerprint density at radius 2 is 2.00 bits per heavy atom. The Bertz CT molecular complexity index is 569. The number of amides is 1. The van der Waals surface area contributed by atoms with Crippen LogP contribution in [0.15, 0.2) is 12.3 Å². The molecule has 6 heteroatoms. The van der Waals surface area contributed by atoms with E-state index in [0.717, 1.165) is 50.7 Å². The number of nitrogens with zero attached hydrogens (tertiary/aromatic N) is 4. The van der Waals surface area contributed by atoms with E-state index in [1.54, 1.807) is 0 Å². The summed E-state index contributed by atoms with van der Waals surface area (Å²) in [6.07, 6.45) is 6.31. The van der Waals surface area contributed by atoms with Crippen LogP contribution >= 0.6 is 0 Å². The number of morpholine rings is 1. The fraction of sp³-hybridized carbons (Fsp3) is 0.706. The first-order valence-electron chi connectivity index (χ1n) is 8.75. The Kier molecular flexibility index (Phi) is 4.16. The molecule has 2 aliphatic heterocycles. The van der Waals surface area contributed by atoms with Gasteiger partial charge in [0.1, 0.15) is 11.6 Å². The standard InChI is InChI=1S/C17H24N4O2/c22-17(20-8-10-23-11-9-20)14-2-1-7-21(12-14)15-5-6-18-16(19-15)13-3-4-13/h5-6,13-14H,1-4,7-12H2. The van der Waals surface area contributed by atoms with Crippen molar-refractivity contribution in [2.75, 3.05) is 44.3 Å². The summed E-state index contributed by atoms with van der Waals surface area (Å²) in [7, 11) is 0. The van der Waals surface area contributed by atoms with E-state index in [4.69, 9.17) is 9.72 Å². The van der Waals surface area contributed by atoms with Gasteiger partial charge in [-0.25, -0.2) is 9.97 Å². The van der Waals surface area contributed by atoms with Crippen molar-refractivity contribution in [3.63, 3.8) is 0 Å². The minimum absolute atomic E-state index is 0.0844. The molecule has 1 aliphatic carbocycles. The first-order chi connectivity index (χ1) is 11.3. The van der Waals surface area contributed by atoms with Crippen LogP contribution in [0.3, 0.4) is 0 Å². The molecule has 1 amide bonds. The Balaban J connectivity index is 1.44. The lowest BCUT2D eigenvalue weighted by molar-refractivity contribution is -0.139. The molecule has 0 radical (unpaired) electrons. The Morgan fingerprint density at radius 1 is 1.17 bits per heavy atom. The van der Waals surface area contributed by atoms with Crippen LogP contribution in [0.1, 0.15) is 37.4 Å². The summed E-state index contributed by atoms with van der Waals surface area (Å²) in [6, 6.07) is 1.98. The highest BCUT2D eigenvalue weighted by Crippen LogP contribution is 2.38. The summed E-state index contributed by atoms with van der Waals surface area (Å²) >= 11 is 0. The van der Waals surface area contributed by atoms with Gasteiger partial charge < -0.3 is 14.5 Å². The topological polar surface area (TPSA) is 58.6 Å². The number of carbonyl (C=O) groups is 1. The maximum Gasteiger partial charge on any atom is 0.227 e. The summed E-state index contributed by atoms with van der Waals surface area (Å²) < 4.78 is 5.35. The summed E-state index contributed by atoms with van der Waals surface area (Å²) in [4.78, 5) is 26.1. The first kappa shape index (κ1) is 14.9. The van der Waals surface area contributed by atoms with Gasteiger partial charge in [0, 0.05) is 38.3 Å². The van der Waals surface area contributed by atoms with Gasteiger partial charge in [0.05, 0.1) is 19.1 Å². The van der Waals surface area contributed by atoms with Crippen LogP contribution in [-0.4, -0.2) is 60.2 Å². The normalized spacial score (nSPS) is 25.5. The summed E-state index contributed by atoms with van der Waals surface area (Å²) in [5.74, 6) is 2.90. The monoisotopic (exact) mass is 316 g/mol. The zero-order valence-electron chi connectivity index (χ0n) is 13.5. The van der Waals surface area contributed by atoms with Crippen molar-refractivity contribution >= 4 is 11.7 Å². The molecule has 1 unspecified atom stereocenters. The van der Waals surface area contributed by atoms with Crippen LogP contribution in [-0.2, 0) is 9.53 Å². The average molecular weight is 316 g/mol. The van der Waals surface area contributed by atoms with Gasteiger partial charge in [0.25, 0.3) is 0 Å². The third-order valence-electron chi connectivity index (χ3n) is 5.02. The molecular formula is C17H24N4O2. The molecule has 1 saturated carbocycles. The Hall–Kier alpha value is -1.69. The van der Waals surface area contributed by atoms with E-state index in [2.05, 4.69) is 9.88 Å². The molecule has 23 heavy (non-hydrogen) atoms. The molecule has 1 aromatic heterocycles. The van der Waals surface area contributed by atoms with Crippen molar-refractivity contribution in [3.05, 3.63) is 18.1 Å². The molecule has 0 aromatic carbocycles. The van der Waals surface area contributed by atoms with Gasteiger partial charge in [-0.2, -0.15) is 0 Å². The maximum atomic E-state index is 12.7. The van der Waals surface area contributed by atoms with E-state index in [-0.39, 0.29) is 11.8 Å². The predicted octanol–water partition coefficient (Wildman–Crippen LogP) is 1.43. The van der Waals surface area contributed by atoms with Crippen LogP contribution in [0.4, 0.5) is 5.82 Å². The van der Waals surface area contributed by atoms with E-state index in [0.29, 0.717) is 19.1 Å². The number of piperidine rings is 1. The number of carbonyl (C=O) groups excluding carboxylic acids is 1. The molecule has 2 saturated heterocycles. The van der Waals surface area contributed by atoms with Gasteiger partial charge in [-0.05, 0) is 31.7 Å². The lowest BCUT2D eigenvalue weighted by Gasteiger charge is -2.36. The summed E-state index contributed by atoms with van der Waals surface area (Å²) in [5.41, 5.74) is 0. The van der Waals surface area contributed by atoms with Crippen LogP contribution in [0, 0.1) is 5.92 Å². The van der Waals surface area contributed by atoms with Gasteiger partial charge in [-0.1, -0.05) is 0 Å². The van der Waals surface area contributed by atoms with E-state index < -0.39 is 0 Å². The van der Waals surface area contributed by atoms with Gasteiger partial charge in [-0.3, -0.25) is 4.79 Å². The molecule has 124 valence electrons. The highest BCUT2D eigenvalue weighted by molar-refractivity contribution is 5.79. The van der Waals surface area contributed by atoms with E-state index in [9.17, 15) is 4.79 Å². The van der Waals surface area contributed by atoms with Crippen molar-refractivity contribution in [1.82, 2.24) is 14.9 Å². The highest BCUT2D eigenvalue weighted by atomic mass is 16.5. The number of hydrogen-bond donors (Lipinski definition) is 0. The molecule has 1 atom stereocenters. The second kappa shape index (κ2) is 6.43. The van der Waals surface area contributed by atoms with Crippen LogP contribution in [0.5, 0.6) is 0 Å². The Labute approximate surface area is 136 Å². The Morgan fingerprint density at radius 3 is 2.78 bits per heavy atom. The molecule has 3 aliphatic rings. The highest BCUT2D eigenvalue weighted by Gasteiger charge is 2.31. The van der Waals surface area contributed by atoms with Crippen LogP contribution in [0.2, 0.25) is 0 Å². The van der Waals surface area contributed by atoms with Crippen molar-refractivity contribution in [2.24, 2.45) is 5.92 Å². The second-order valence-corrected chi connectivity index (χ2v) is 6.77. The quantitative estimate of drug-likeness (QED) is 0.844. The molecule has 0 N–H and O–H groups in total. The van der Waals surface area contributed by atoms with Crippen molar-refractivity contribution in [1.29, 1.82) is 0 Å². The fourth-order valence-electron chi connectivity index (χ4n) is 3.51. The van der Waals surface area contributed by atoms with Crippen LogP contribution in [0.25, 0.3) is 0 Å². The number of rotatable bonds is 3. The number of anilines is 1.